The molecule has 1 aromatic heterocycles. The Balaban J connectivity index is 1.23. The molecule has 0 radical (unpaired) electrons. The van der Waals surface area contributed by atoms with Crippen LogP contribution in [-0.4, -0.2) is 73.1 Å². The van der Waals surface area contributed by atoms with E-state index in [9.17, 15) is 22.8 Å². The van der Waals surface area contributed by atoms with E-state index < -0.39 is 40.0 Å². The van der Waals surface area contributed by atoms with Crippen LogP contribution < -0.4 is 5.32 Å². The van der Waals surface area contributed by atoms with Crippen LogP contribution in [0.3, 0.4) is 0 Å². The predicted molar refractivity (Wildman–Crippen MR) is 126 cm³/mol. The van der Waals surface area contributed by atoms with E-state index >= 15 is 0 Å². The monoisotopic (exact) mass is 496 g/mol. The van der Waals surface area contributed by atoms with Gasteiger partial charge in [-0.15, -0.1) is 0 Å². The lowest BCUT2D eigenvalue weighted by atomic mass is 9.99. The summed E-state index contributed by atoms with van der Waals surface area (Å²) in [7, 11) is -3.73. The number of hydrogen-bond acceptors (Lipinski definition) is 6. The van der Waals surface area contributed by atoms with Gasteiger partial charge in [0.15, 0.2) is 5.54 Å². The van der Waals surface area contributed by atoms with Crippen molar-refractivity contribution in [2.24, 2.45) is 0 Å². The first-order valence-corrected chi connectivity index (χ1v) is 12.6. The summed E-state index contributed by atoms with van der Waals surface area (Å²) in [5, 5.41) is 4.36. The van der Waals surface area contributed by atoms with Gasteiger partial charge in [-0.05, 0) is 42.0 Å². The summed E-state index contributed by atoms with van der Waals surface area (Å²) in [6.45, 7) is 1.64. The largest absolute Gasteiger partial charge is 0.466 e. The normalized spacial score (nSPS) is 21.5. The number of amides is 4. The van der Waals surface area contributed by atoms with Gasteiger partial charge < -0.3 is 14.6 Å². The van der Waals surface area contributed by atoms with Crippen molar-refractivity contribution in [1.82, 2.24) is 19.4 Å². The molecule has 1 N–H and O–H groups in total. The van der Waals surface area contributed by atoms with Crippen LogP contribution in [0.2, 0.25) is 0 Å². The van der Waals surface area contributed by atoms with Gasteiger partial charge in [-0.1, -0.05) is 30.3 Å². The van der Waals surface area contributed by atoms with Crippen molar-refractivity contribution >= 4 is 38.6 Å². The van der Waals surface area contributed by atoms with Gasteiger partial charge in [-0.3, -0.25) is 14.5 Å². The first kappa shape index (κ1) is 23.1. The van der Waals surface area contributed by atoms with Crippen molar-refractivity contribution in [2.45, 2.75) is 17.4 Å². The minimum Gasteiger partial charge on any atom is -0.466 e. The van der Waals surface area contributed by atoms with Crippen LogP contribution in [0, 0.1) is 0 Å². The first-order chi connectivity index (χ1) is 16.7. The van der Waals surface area contributed by atoms with E-state index in [1.165, 1.54) is 22.4 Å². The Morgan fingerprint density at radius 1 is 1.00 bits per heavy atom. The highest BCUT2D eigenvalue weighted by Crippen LogP contribution is 2.29. The van der Waals surface area contributed by atoms with Gasteiger partial charge in [0, 0.05) is 26.2 Å². The Kier molecular flexibility index (Phi) is 5.60. The Morgan fingerprint density at radius 2 is 1.71 bits per heavy atom. The smallest absolute Gasteiger partial charge is 0.325 e. The van der Waals surface area contributed by atoms with Crippen LogP contribution >= 0.6 is 0 Å². The number of benzene rings is 2. The molecule has 0 aliphatic carbocycles. The van der Waals surface area contributed by atoms with Gasteiger partial charge in [0.25, 0.3) is 5.91 Å². The third-order valence-corrected chi connectivity index (χ3v) is 8.43. The number of sulfonamides is 1. The molecule has 5 rings (SSSR count). The van der Waals surface area contributed by atoms with Crippen LogP contribution in [0.15, 0.2) is 70.2 Å². The molecule has 3 heterocycles. The van der Waals surface area contributed by atoms with Crippen LogP contribution in [0.4, 0.5) is 4.79 Å². The van der Waals surface area contributed by atoms with Gasteiger partial charge in [0.1, 0.15) is 12.3 Å². The van der Waals surface area contributed by atoms with Crippen molar-refractivity contribution in [2.75, 3.05) is 32.7 Å². The van der Waals surface area contributed by atoms with Crippen molar-refractivity contribution in [1.29, 1.82) is 0 Å². The fraction of sp³-hybridized carbons (Fsp3) is 0.292. The Morgan fingerprint density at radius 3 is 2.40 bits per heavy atom. The lowest BCUT2D eigenvalue weighted by Gasteiger charge is -2.34. The van der Waals surface area contributed by atoms with E-state index in [-0.39, 0.29) is 36.8 Å². The number of hydrogen-bond donors (Lipinski definition) is 1. The lowest BCUT2D eigenvalue weighted by molar-refractivity contribution is -0.139. The Bertz CT molecular complexity index is 1410. The molecule has 0 spiro atoms. The summed E-state index contributed by atoms with van der Waals surface area (Å²) in [6.07, 6.45) is 1.40. The second-order valence-electron chi connectivity index (χ2n) is 8.72. The van der Waals surface area contributed by atoms with Gasteiger partial charge in [0.05, 0.1) is 11.2 Å². The quantitative estimate of drug-likeness (QED) is 0.537. The number of imide groups is 1. The third kappa shape index (κ3) is 3.96. The minimum atomic E-state index is -3.73. The SMILES string of the molecule is CC1(c2ccco2)NC(=O)N(CC(=O)N2CCN(S(=O)(=O)c3ccc4ccccc4c3)CC2)C1=O. The van der Waals surface area contributed by atoms with E-state index in [0.29, 0.717) is 0 Å². The zero-order valence-corrected chi connectivity index (χ0v) is 19.8. The average molecular weight is 497 g/mol. The molecule has 2 fully saturated rings. The number of piperazine rings is 1. The van der Waals surface area contributed by atoms with E-state index in [0.717, 1.165) is 15.7 Å². The van der Waals surface area contributed by atoms with Crippen LogP contribution in [-0.2, 0) is 25.2 Å². The second-order valence-corrected chi connectivity index (χ2v) is 10.7. The van der Waals surface area contributed by atoms with Gasteiger partial charge >= 0.3 is 6.03 Å². The molecule has 35 heavy (non-hydrogen) atoms. The number of rotatable bonds is 5. The molecule has 1 unspecified atom stereocenters. The summed E-state index contributed by atoms with van der Waals surface area (Å²) in [4.78, 5) is 40.8. The third-order valence-electron chi connectivity index (χ3n) is 6.53. The van der Waals surface area contributed by atoms with E-state index in [4.69, 9.17) is 4.42 Å². The number of nitrogens with one attached hydrogen (secondary N) is 1. The lowest BCUT2D eigenvalue weighted by Crippen LogP contribution is -2.53. The Hall–Kier alpha value is -3.70. The number of carbonyl (C=O) groups is 3. The van der Waals surface area contributed by atoms with Gasteiger partial charge in [-0.25, -0.2) is 13.2 Å². The molecule has 0 bridgehead atoms. The van der Waals surface area contributed by atoms with E-state index in [1.807, 2.05) is 24.3 Å². The number of carbonyl (C=O) groups excluding carboxylic acids is 3. The average Bonchev–Trinajstić information content (AvgIpc) is 3.48. The highest BCUT2D eigenvalue weighted by molar-refractivity contribution is 7.89. The summed E-state index contributed by atoms with van der Waals surface area (Å²) >= 11 is 0. The number of nitrogens with zero attached hydrogens (tertiary/aromatic N) is 3. The number of furan rings is 1. The fourth-order valence-corrected chi connectivity index (χ4v) is 5.92. The molecule has 2 aliphatic rings. The highest BCUT2D eigenvalue weighted by Gasteiger charge is 2.51. The topological polar surface area (TPSA) is 120 Å². The maximum Gasteiger partial charge on any atom is 0.325 e. The molecular formula is C24H24N4O6S. The summed E-state index contributed by atoms with van der Waals surface area (Å²) in [5.74, 6) is -0.735. The maximum absolute atomic E-state index is 13.2. The van der Waals surface area contributed by atoms with Crippen LogP contribution in [0.25, 0.3) is 10.8 Å². The van der Waals surface area contributed by atoms with Gasteiger partial charge in [0.2, 0.25) is 15.9 Å². The van der Waals surface area contributed by atoms with Crippen molar-refractivity contribution < 1.29 is 27.2 Å². The second kappa shape index (κ2) is 8.51. The van der Waals surface area contributed by atoms with Gasteiger partial charge in [-0.2, -0.15) is 4.31 Å². The molecule has 0 saturated carbocycles. The van der Waals surface area contributed by atoms with Crippen LogP contribution in [0.5, 0.6) is 0 Å². The molecular weight excluding hydrogens is 472 g/mol. The molecule has 2 saturated heterocycles. The molecule has 2 aromatic carbocycles. The van der Waals surface area contributed by atoms with E-state index in [1.54, 1.807) is 30.3 Å². The van der Waals surface area contributed by atoms with Crippen LogP contribution in [0.1, 0.15) is 12.7 Å². The highest BCUT2D eigenvalue weighted by atomic mass is 32.2. The van der Waals surface area contributed by atoms with Crippen molar-refractivity contribution in [3.8, 4) is 0 Å². The molecule has 1 atom stereocenters. The standard InChI is InChI=1S/C24H24N4O6S/c1-24(20-7-4-14-34-20)22(30)28(23(31)25-24)16-21(29)26-10-12-27(13-11-26)35(32,33)19-9-8-17-5-2-3-6-18(17)15-19/h2-9,14-15H,10-13,16H2,1H3,(H,25,31). The van der Waals surface area contributed by atoms with Crippen molar-refractivity contribution in [3.63, 3.8) is 0 Å². The summed E-state index contributed by atoms with van der Waals surface area (Å²) < 4.78 is 33.0. The zero-order chi connectivity index (χ0) is 24.8. The summed E-state index contributed by atoms with van der Waals surface area (Å²) in [6, 6.07) is 15.0. The number of fused-ring (bicyclic) bond motifs is 1. The minimum absolute atomic E-state index is 0.116. The van der Waals surface area contributed by atoms with E-state index in [2.05, 4.69) is 5.32 Å². The first-order valence-electron chi connectivity index (χ1n) is 11.1. The molecule has 2 aliphatic heterocycles. The zero-order valence-electron chi connectivity index (χ0n) is 19.0. The molecule has 11 heteroatoms. The number of urea groups is 1. The predicted octanol–water partition coefficient (Wildman–Crippen LogP) is 1.73. The molecule has 3 aromatic rings. The Labute approximate surface area is 202 Å². The molecule has 4 amide bonds. The van der Waals surface area contributed by atoms with Crippen molar-refractivity contribution in [3.05, 3.63) is 66.6 Å². The summed E-state index contributed by atoms with van der Waals surface area (Å²) in [5.41, 5.74) is -1.38. The molecule has 10 nitrogen and oxygen atoms in total. The molecule has 182 valence electrons. The fourth-order valence-electron chi connectivity index (χ4n) is 4.46. The maximum atomic E-state index is 13.2.